The average Bonchev–Trinajstić information content (AvgIpc) is 3.90. The molecule has 0 unspecified atom stereocenters. The van der Waals surface area contributed by atoms with Crippen molar-refractivity contribution in [2.45, 2.75) is 78.6 Å². The van der Waals surface area contributed by atoms with Crippen LogP contribution in [0.1, 0.15) is 78.7 Å². The lowest BCUT2D eigenvalue weighted by Gasteiger charge is -2.30. The summed E-state index contributed by atoms with van der Waals surface area (Å²) in [7, 11) is 1.63. The van der Waals surface area contributed by atoms with Gasteiger partial charge in [0.1, 0.15) is 22.9 Å². The van der Waals surface area contributed by atoms with Crippen LogP contribution >= 0.6 is 0 Å². The van der Waals surface area contributed by atoms with Crippen LogP contribution in [0.2, 0.25) is 0 Å². The molecular weight excluding hydrogens is 685 g/mol. The fourth-order valence-electron chi connectivity index (χ4n) is 8.14. The van der Waals surface area contributed by atoms with E-state index >= 15 is 0 Å². The Morgan fingerprint density at radius 2 is 1.78 bits per heavy atom. The molecule has 280 valence electrons. The molecule has 1 aliphatic carbocycles. The van der Waals surface area contributed by atoms with E-state index in [1.54, 1.807) is 35.4 Å². The first kappa shape index (κ1) is 35.3. The molecule has 1 fully saturated rings. The van der Waals surface area contributed by atoms with Crippen molar-refractivity contribution < 1.29 is 23.9 Å². The number of nitrogens with one attached hydrogen (secondary N) is 1. The van der Waals surface area contributed by atoms with Gasteiger partial charge in [-0.25, -0.2) is 19.4 Å². The second kappa shape index (κ2) is 13.3. The van der Waals surface area contributed by atoms with Gasteiger partial charge in [0.15, 0.2) is 17.8 Å². The number of pyridine rings is 2. The number of benzene rings is 1. The zero-order valence-corrected chi connectivity index (χ0v) is 31.7. The normalized spacial score (nSPS) is 17.8. The van der Waals surface area contributed by atoms with Crippen LogP contribution in [0.5, 0.6) is 5.75 Å². The Bertz CT molecular complexity index is 2280. The van der Waals surface area contributed by atoms with Crippen LogP contribution in [-0.4, -0.2) is 85.9 Å². The Morgan fingerprint density at radius 3 is 2.52 bits per heavy atom. The zero-order chi connectivity index (χ0) is 37.9. The summed E-state index contributed by atoms with van der Waals surface area (Å²) in [6.45, 7) is 12.5. The van der Waals surface area contributed by atoms with E-state index in [9.17, 15) is 14.4 Å². The number of carbonyl (C=O) groups excluding carboxylic acids is 3. The summed E-state index contributed by atoms with van der Waals surface area (Å²) in [5.74, 6) is 1.50. The molecule has 1 atom stereocenters. The van der Waals surface area contributed by atoms with Gasteiger partial charge in [0.05, 0.1) is 24.6 Å². The molecular formula is C41H46N8O5. The first-order valence-electron chi connectivity index (χ1n) is 18.5. The standard InChI is InChI=1S/C41H46N8O5/c1-40(2,3)54-39(52)46-16-13-27(23-46)44-35-34-30(12-15-43-37(34)49(45-35)22-25-7-9-28(53-6)10-8-25)29-11-14-42-36(31(29)24-50)48-18-17-47-32(38(48)51)19-26-20-41(4,5)21-33(26)47/h7-12,14-15,19,24,27H,13,16-18,20-23H2,1-6H3,(H,44,45)/t27-/m1/s1. The van der Waals surface area contributed by atoms with E-state index in [-0.39, 0.29) is 23.5 Å². The minimum absolute atomic E-state index is 0.105. The number of hydrogen-bond donors (Lipinski definition) is 1. The number of fused-ring (bicyclic) bond motifs is 4. The second-order valence-electron chi connectivity index (χ2n) is 16.3. The molecule has 4 aromatic heterocycles. The summed E-state index contributed by atoms with van der Waals surface area (Å²) in [5, 5.41) is 9.38. The van der Waals surface area contributed by atoms with E-state index in [0.29, 0.717) is 73.2 Å². The largest absolute Gasteiger partial charge is 0.497 e. The van der Waals surface area contributed by atoms with Crippen LogP contribution in [0, 0.1) is 5.41 Å². The van der Waals surface area contributed by atoms with E-state index in [1.165, 1.54) is 11.3 Å². The van der Waals surface area contributed by atoms with Crippen LogP contribution in [0.15, 0.2) is 54.9 Å². The minimum Gasteiger partial charge on any atom is -0.497 e. The number of methoxy groups -OCH3 is 1. The van der Waals surface area contributed by atoms with Crippen molar-refractivity contribution in [1.82, 2.24) is 29.2 Å². The number of aldehydes is 1. The maximum absolute atomic E-state index is 14.1. The molecule has 1 N–H and O–H groups in total. The monoisotopic (exact) mass is 730 g/mol. The van der Waals surface area contributed by atoms with Gasteiger partial charge in [-0.3, -0.25) is 14.5 Å². The molecule has 0 saturated carbocycles. The molecule has 6 heterocycles. The number of carbonyl (C=O) groups is 3. The lowest BCUT2D eigenvalue weighted by molar-refractivity contribution is 0.0293. The summed E-state index contributed by atoms with van der Waals surface area (Å²) < 4.78 is 15.0. The molecule has 13 heteroatoms. The van der Waals surface area contributed by atoms with Crippen molar-refractivity contribution in [3.63, 3.8) is 0 Å². The molecule has 5 aromatic rings. The first-order chi connectivity index (χ1) is 25.8. The van der Waals surface area contributed by atoms with E-state index in [1.807, 2.05) is 61.9 Å². The third kappa shape index (κ3) is 6.45. The maximum Gasteiger partial charge on any atom is 0.410 e. The Hall–Kier alpha value is -5.72. The number of anilines is 2. The maximum atomic E-state index is 14.1. The quantitative estimate of drug-likeness (QED) is 0.181. The smallest absolute Gasteiger partial charge is 0.410 e. The van der Waals surface area contributed by atoms with Crippen molar-refractivity contribution in [3.8, 4) is 16.9 Å². The van der Waals surface area contributed by atoms with Crippen LogP contribution in [0.4, 0.5) is 16.4 Å². The summed E-state index contributed by atoms with van der Waals surface area (Å²) in [6.07, 6.45) is 6.37. The van der Waals surface area contributed by atoms with E-state index in [0.717, 1.165) is 41.4 Å². The molecule has 2 aliphatic heterocycles. The molecule has 2 amide bonds. The van der Waals surface area contributed by atoms with Crippen molar-refractivity contribution in [3.05, 3.63) is 82.9 Å². The lowest BCUT2D eigenvalue weighted by Crippen LogP contribution is -2.41. The minimum atomic E-state index is -0.598. The average molecular weight is 731 g/mol. The summed E-state index contributed by atoms with van der Waals surface area (Å²) >= 11 is 0. The molecule has 3 aliphatic rings. The predicted molar refractivity (Wildman–Crippen MR) is 205 cm³/mol. The van der Waals surface area contributed by atoms with E-state index < -0.39 is 5.60 Å². The van der Waals surface area contributed by atoms with Crippen LogP contribution in [0.3, 0.4) is 0 Å². The van der Waals surface area contributed by atoms with Crippen molar-refractivity contribution in [2.75, 3.05) is 37.0 Å². The third-order valence-electron chi connectivity index (χ3n) is 10.6. The molecule has 8 rings (SSSR count). The van der Waals surface area contributed by atoms with Gasteiger partial charge >= 0.3 is 6.09 Å². The van der Waals surface area contributed by atoms with Crippen LogP contribution in [-0.2, 0) is 30.7 Å². The topological polar surface area (TPSA) is 137 Å². The van der Waals surface area contributed by atoms with Gasteiger partial charge in [0.25, 0.3) is 5.91 Å². The number of ether oxygens (including phenoxy) is 2. The van der Waals surface area contributed by atoms with Gasteiger partial charge in [-0.05, 0) is 98.0 Å². The second-order valence-corrected chi connectivity index (χ2v) is 16.3. The summed E-state index contributed by atoms with van der Waals surface area (Å²) in [5.41, 5.74) is 5.96. The highest BCUT2D eigenvalue weighted by atomic mass is 16.6. The zero-order valence-electron chi connectivity index (χ0n) is 31.7. The predicted octanol–water partition coefficient (Wildman–Crippen LogP) is 6.37. The molecule has 13 nitrogen and oxygen atoms in total. The highest BCUT2D eigenvalue weighted by Gasteiger charge is 2.38. The molecule has 54 heavy (non-hydrogen) atoms. The Morgan fingerprint density at radius 1 is 1.02 bits per heavy atom. The van der Waals surface area contributed by atoms with Crippen molar-refractivity contribution >= 4 is 41.0 Å². The molecule has 1 aromatic carbocycles. The van der Waals surface area contributed by atoms with E-state index in [4.69, 9.17) is 19.6 Å². The third-order valence-corrected chi connectivity index (χ3v) is 10.6. The number of amides is 2. The van der Waals surface area contributed by atoms with Gasteiger partial charge in [-0.1, -0.05) is 26.0 Å². The molecule has 1 saturated heterocycles. The summed E-state index contributed by atoms with van der Waals surface area (Å²) in [4.78, 5) is 52.9. The number of rotatable bonds is 8. The Kier molecular flexibility index (Phi) is 8.69. The fraction of sp³-hybridized carbons (Fsp3) is 0.415. The SMILES string of the molecule is COc1ccc(Cn2nc(N[C@@H]3CCN(C(=O)OC(C)(C)C)C3)c3c(-c4ccnc(N5CCn6c(cc7c6CC(C)(C)C7)C5=O)c4C=O)ccnc32)cc1. The number of nitrogens with zero attached hydrogens (tertiary/aromatic N) is 7. The van der Waals surface area contributed by atoms with Gasteiger partial charge in [-0.2, -0.15) is 5.10 Å². The van der Waals surface area contributed by atoms with Gasteiger partial charge in [0, 0.05) is 50.3 Å². The van der Waals surface area contributed by atoms with Crippen molar-refractivity contribution in [1.29, 1.82) is 0 Å². The Labute approximate surface area is 314 Å². The lowest BCUT2D eigenvalue weighted by atomic mass is 9.90. The highest BCUT2D eigenvalue weighted by Crippen LogP contribution is 2.41. The van der Waals surface area contributed by atoms with Gasteiger partial charge in [0.2, 0.25) is 0 Å². The number of hydrogen-bond acceptors (Lipinski definition) is 9. The summed E-state index contributed by atoms with van der Waals surface area (Å²) in [6, 6.07) is 13.4. The van der Waals surface area contributed by atoms with Crippen LogP contribution in [0.25, 0.3) is 22.2 Å². The fourth-order valence-corrected chi connectivity index (χ4v) is 8.14. The molecule has 0 spiro atoms. The molecule has 0 radical (unpaired) electrons. The van der Waals surface area contributed by atoms with Crippen molar-refractivity contribution in [2.24, 2.45) is 5.41 Å². The van der Waals surface area contributed by atoms with Crippen LogP contribution < -0.4 is 15.0 Å². The Balaban J connectivity index is 1.17. The van der Waals surface area contributed by atoms with Gasteiger partial charge < -0.3 is 24.3 Å². The van der Waals surface area contributed by atoms with Gasteiger partial charge in [-0.15, -0.1) is 0 Å². The number of aromatic nitrogens is 5. The number of likely N-dealkylation sites (tertiary alicyclic amines) is 1. The molecule has 0 bridgehead atoms. The van der Waals surface area contributed by atoms with E-state index in [2.05, 4.69) is 28.7 Å². The first-order valence-corrected chi connectivity index (χ1v) is 18.5. The highest BCUT2D eigenvalue weighted by molar-refractivity contribution is 6.10.